The van der Waals surface area contributed by atoms with Gasteiger partial charge >= 0.3 is 0 Å². The van der Waals surface area contributed by atoms with Crippen LogP contribution in [-0.2, 0) is 17.8 Å². The van der Waals surface area contributed by atoms with Crippen molar-refractivity contribution < 1.29 is 9.21 Å². The first-order valence-electron chi connectivity index (χ1n) is 8.47. The summed E-state index contributed by atoms with van der Waals surface area (Å²) < 4.78 is 5.82. The summed E-state index contributed by atoms with van der Waals surface area (Å²) in [6.45, 7) is 3.82. The second-order valence-corrected chi connectivity index (χ2v) is 6.43. The maximum absolute atomic E-state index is 12.4. The first-order valence-corrected chi connectivity index (χ1v) is 8.47. The monoisotopic (exact) mass is 336 g/mol. The molecule has 1 unspecified atom stereocenters. The lowest BCUT2D eigenvalue weighted by Crippen LogP contribution is -2.40. The number of fused-ring (bicyclic) bond motifs is 2. The van der Waals surface area contributed by atoms with E-state index in [9.17, 15) is 4.79 Å². The molecule has 1 aromatic carbocycles. The zero-order valence-corrected chi connectivity index (χ0v) is 14.1. The zero-order valence-electron chi connectivity index (χ0n) is 14.1. The van der Waals surface area contributed by atoms with Crippen LogP contribution in [0.1, 0.15) is 30.0 Å². The smallest absolute Gasteiger partial charge is 0.234 e. The summed E-state index contributed by atoms with van der Waals surface area (Å²) in [5.41, 5.74) is 3.03. The van der Waals surface area contributed by atoms with Crippen molar-refractivity contribution in [2.45, 2.75) is 25.9 Å². The molecule has 128 valence electrons. The molecule has 3 heterocycles. The van der Waals surface area contributed by atoms with Crippen LogP contribution in [0.15, 0.2) is 47.3 Å². The van der Waals surface area contributed by atoms with Crippen molar-refractivity contribution in [2.75, 3.05) is 13.1 Å². The molecule has 1 N–H and O–H groups in total. The van der Waals surface area contributed by atoms with Gasteiger partial charge in [-0.05, 0) is 31.0 Å². The van der Waals surface area contributed by atoms with E-state index in [1.165, 1.54) is 5.56 Å². The van der Waals surface area contributed by atoms with Gasteiger partial charge in [-0.3, -0.25) is 9.69 Å². The van der Waals surface area contributed by atoms with Crippen LogP contribution >= 0.6 is 0 Å². The van der Waals surface area contributed by atoms with Gasteiger partial charge in [-0.15, -0.1) is 0 Å². The Bertz CT molecular complexity index is 872. The lowest BCUT2D eigenvalue weighted by atomic mass is 10.1. The van der Waals surface area contributed by atoms with Crippen molar-refractivity contribution in [3.05, 3.63) is 59.9 Å². The topological polar surface area (TPSA) is 71.3 Å². The Morgan fingerprint density at radius 1 is 1.40 bits per heavy atom. The molecule has 0 spiro atoms. The zero-order chi connectivity index (χ0) is 17.2. The van der Waals surface area contributed by atoms with E-state index in [1.807, 2.05) is 43.5 Å². The van der Waals surface area contributed by atoms with Crippen molar-refractivity contribution in [3.8, 4) is 0 Å². The highest BCUT2D eigenvalue weighted by molar-refractivity contribution is 5.80. The van der Waals surface area contributed by atoms with Gasteiger partial charge in [-0.25, -0.2) is 9.97 Å². The van der Waals surface area contributed by atoms with Gasteiger partial charge in [0.15, 0.2) is 0 Å². The van der Waals surface area contributed by atoms with Gasteiger partial charge in [-0.2, -0.15) is 0 Å². The van der Waals surface area contributed by atoms with E-state index < -0.39 is 0 Å². The number of carbonyl (C=O) groups excluding carboxylic acids is 1. The van der Waals surface area contributed by atoms with E-state index in [4.69, 9.17) is 4.42 Å². The van der Waals surface area contributed by atoms with E-state index in [-0.39, 0.29) is 11.9 Å². The number of nitrogens with zero attached hydrogens (tertiary/aromatic N) is 3. The maximum atomic E-state index is 12.4. The van der Waals surface area contributed by atoms with Gasteiger partial charge < -0.3 is 9.73 Å². The number of amides is 1. The van der Waals surface area contributed by atoms with Gasteiger partial charge in [0.25, 0.3) is 0 Å². The lowest BCUT2D eigenvalue weighted by Gasteiger charge is -2.27. The van der Waals surface area contributed by atoms with Crippen molar-refractivity contribution >= 4 is 16.9 Å². The molecule has 6 nitrogen and oxygen atoms in total. The van der Waals surface area contributed by atoms with Crippen LogP contribution in [0, 0.1) is 0 Å². The number of para-hydroxylation sites is 1. The fraction of sp³-hybridized carbons (Fsp3) is 0.316. The van der Waals surface area contributed by atoms with Crippen LogP contribution in [0.3, 0.4) is 0 Å². The first-order chi connectivity index (χ1) is 12.2. The van der Waals surface area contributed by atoms with Gasteiger partial charge in [0, 0.05) is 24.7 Å². The summed E-state index contributed by atoms with van der Waals surface area (Å²) in [7, 11) is 0. The highest BCUT2D eigenvalue weighted by Crippen LogP contribution is 2.23. The maximum Gasteiger partial charge on any atom is 0.234 e. The number of nitrogens with one attached hydrogen (secondary N) is 1. The van der Waals surface area contributed by atoms with E-state index in [0.717, 1.165) is 35.4 Å². The van der Waals surface area contributed by atoms with Gasteiger partial charge in [0.2, 0.25) is 5.91 Å². The Balaban J connectivity index is 1.37. The van der Waals surface area contributed by atoms with E-state index in [1.54, 1.807) is 6.33 Å². The number of furan rings is 1. The van der Waals surface area contributed by atoms with Crippen LogP contribution in [0.2, 0.25) is 0 Å². The minimum absolute atomic E-state index is 0.00883. The van der Waals surface area contributed by atoms with Gasteiger partial charge in [0.1, 0.15) is 17.7 Å². The molecule has 3 aromatic rings. The summed E-state index contributed by atoms with van der Waals surface area (Å²) in [5, 5.41) is 4.07. The van der Waals surface area contributed by atoms with Crippen LogP contribution in [0.25, 0.3) is 11.0 Å². The summed E-state index contributed by atoms with van der Waals surface area (Å²) in [4.78, 5) is 22.9. The Kier molecular flexibility index (Phi) is 4.19. The molecule has 1 atom stereocenters. The van der Waals surface area contributed by atoms with Gasteiger partial charge in [-0.1, -0.05) is 18.2 Å². The predicted octanol–water partition coefficient (Wildman–Crippen LogP) is 2.46. The molecule has 1 aliphatic heterocycles. The average molecular weight is 336 g/mol. The number of hydrogen-bond donors (Lipinski definition) is 1. The predicted molar refractivity (Wildman–Crippen MR) is 93.8 cm³/mol. The molecular weight excluding hydrogens is 316 g/mol. The summed E-state index contributed by atoms with van der Waals surface area (Å²) in [6, 6.07) is 9.66. The van der Waals surface area contributed by atoms with Crippen LogP contribution in [0.4, 0.5) is 0 Å². The molecule has 25 heavy (non-hydrogen) atoms. The Hall–Kier alpha value is -2.73. The second-order valence-electron chi connectivity index (χ2n) is 6.43. The van der Waals surface area contributed by atoms with Crippen molar-refractivity contribution in [1.82, 2.24) is 20.2 Å². The highest BCUT2D eigenvalue weighted by Gasteiger charge is 2.21. The molecule has 1 aliphatic rings. The van der Waals surface area contributed by atoms with Crippen LogP contribution < -0.4 is 5.32 Å². The SMILES string of the molecule is CC(NC(=O)CN1CCc2cncnc2C1)c1cc2ccccc2o1. The fourth-order valence-corrected chi connectivity index (χ4v) is 3.22. The molecule has 0 bridgehead atoms. The molecule has 0 saturated carbocycles. The number of benzene rings is 1. The highest BCUT2D eigenvalue weighted by atomic mass is 16.3. The average Bonchev–Trinajstić information content (AvgIpc) is 3.06. The standard InChI is InChI=1S/C19H20N4O2/c1-13(18-8-14-4-2-3-5-17(14)25-18)22-19(24)11-23-7-6-15-9-20-12-21-16(15)10-23/h2-5,8-9,12-13H,6-7,10-11H2,1H3,(H,22,24). The number of hydrogen-bond acceptors (Lipinski definition) is 5. The van der Waals surface area contributed by atoms with Crippen LogP contribution in [-0.4, -0.2) is 33.9 Å². The van der Waals surface area contributed by atoms with E-state index in [2.05, 4.69) is 20.2 Å². The van der Waals surface area contributed by atoms with E-state index in [0.29, 0.717) is 13.1 Å². The Morgan fingerprint density at radius 3 is 3.16 bits per heavy atom. The molecule has 0 aliphatic carbocycles. The van der Waals surface area contributed by atoms with Gasteiger partial charge in [0.05, 0.1) is 18.3 Å². The first kappa shape index (κ1) is 15.8. The quantitative estimate of drug-likeness (QED) is 0.792. The third-order valence-corrected chi connectivity index (χ3v) is 4.57. The molecule has 6 heteroatoms. The fourth-order valence-electron chi connectivity index (χ4n) is 3.22. The Labute approximate surface area is 145 Å². The third-order valence-electron chi connectivity index (χ3n) is 4.57. The molecule has 0 saturated heterocycles. The largest absolute Gasteiger partial charge is 0.459 e. The number of carbonyl (C=O) groups is 1. The van der Waals surface area contributed by atoms with Crippen molar-refractivity contribution in [3.63, 3.8) is 0 Å². The number of aromatic nitrogens is 2. The molecule has 0 radical (unpaired) electrons. The van der Waals surface area contributed by atoms with Crippen molar-refractivity contribution in [2.24, 2.45) is 0 Å². The van der Waals surface area contributed by atoms with Crippen molar-refractivity contribution in [1.29, 1.82) is 0 Å². The molecule has 4 rings (SSSR count). The van der Waals surface area contributed by atoms with Crippen LogP contribution in [0.5, 0.6) is 0 Å². The summed E-state index contributed by atoms with van der Waals surface area (Å²) in [6.07, 6.45) is 4.30. The lowest BCUT2D eigenvalue weighted by molar-refractivity contribution is -0.123. The second kappa shape index (κ2) is 6.64. The minimum Gasteiger partial charge on any atom is -0.459 e. The third kappa shape index (κ3) is 3.39. The molecule has 2 aromatic heterocycles. The Morgan fingerprint density at radius 2 is 2.28 bits per heavy atom. The normalized spacial score (nSPS) is 15.7. The van der Waals surface area contributed by atoms with E-state index >= 15 is 0 Å². The number of rotatable bonds is 4. The summed E-state index contributed by atoms with van der Waals surface area (Å²) in [5.74, 6) is 0.761. The molecule has 0 fully saturated rings. The minimum atomic E-state index is -0.167. The summed E-state index contributed by atoms with van der Waals surface area (Å²) >= 11 is 0. The molecule has 1 amide bonds. The molecular formula is C19H20N4O2.